The number of halogens is 2. The maximum Gasteiger partial charge on any atom is 0.387 e. The highest BCUT2D eigenvalue weighted by molar-refractivity contribution is 5.79. The zero-order chi connectivity index (χ0) is 19.0. The second-order valence-corrected chi connectivity index (χ2v) is 6.41. The van der Waals surface area contributed by atoms with Gasteiger partial charge in [-0.2, -0.15) is 8.78 Å². The number of rotatable bonds is 9. The molecule has 0 radical (unpaired) electrons. The van der Waals surface area contributed by atoms with Gasteiger partial charge < -0.3 is 24.8 Å². The van der Waals surface area contributed by atoms with E-state index in [1.165, 1.54) is 0 Å². The average molecular weight is 371 g/mol. The fourth-order valence-corrected chi connectivity index (χ4v) is 2.53. The molecule has 2 rings (SSSR count). The Morgan fingerprint density at radius 1 is 1.31 bits per heavy atom. The lowest BCUT2D eigenvalue weighted by atomic mass is 9.89. The maximum absolute atomic E-state index is 12.8. The van der Waals surface area contributed by atoms with Gasteiger partial charge in [0.15, 0.2) is 17.5 Å². The Morgan fingerprint density at radius 3 is 2.65 bits per heavy atom. The van der Waals surface area contributed by atoms with Crippen molar-refractivity contribution in [3.8, 4) is 11.5 Å². The third kappa shape index (κ3) is 5.72. The number of ether oxygens (including phenoxy) is 3. The Hall–Kier alpha value is -2.09. The first kappa shape index (κ1) is 20.2. The lowest BCUT2D eigenvalue weighted by Crippen LogP contribution is -2.51. The molecule has 1 aliphatic heterocycles. The molecule has 0 aromatic heterocycles. The molecule has 0 atom stereocenters. The summed E-state index contributed by atoms with van der Waals surface area (Å²) in [7, 11) is 0. The van der Waals surface area contributed by atoms with Crippen molar-refractivity contribution in [3.63, 3.8) is 0 Å². The van der Waals surface area contributed by atoms with Crippen molar-refractivity contribution in [3.05, 3.63) is 23.8 Å². The first-order valence-electron chi connectivity index (χ1n) is 8.77. The van der Waals surface area contributed by atoms with Crippen LogP contribution < -0.4 is 20.1 Å². The van der Waals surface area contributed by atoms with Crippen LogP contribution in [0.3, 0.4) is 0 Å². The fourth-order valence-electron chi connectivity index (χ4n) is 2.53. The third-order valence-electron chi connectivity index (χ3n) is 3.90. The molecule has 0 unspecified atom stereocenters. The summed E-state index contributed by atoms with van der Waals surface area (Å²) in [4.78, 5) is 4.49. The number of hydrogen-bond acceptors (Lipinski definition) is 4. The summed E-state index contributed by atoms with van der Waals surface area (Å²) in [6.07, 6.45) is 0. The van der Waals surface area contributed by atoms with E-state index in [9.17, 15) is 8.78 Å². The number of nitrogens with zero attached hydrogens (tertiary/aromatic N) is 1. The van der Waals surface area contributed by atoms with Crippen LogP contribution in [0.5, 0.6) is 11.5 Å². The molecule has 1 aromatic rings. The summed E-state index contributed by atoms with van der Waals surface area (Å²) in [5.41, 5.74) is 0.626. The van der Waals surface area contributed by atoms with Gasteiger partial charge in [0.1, 0.15) is 0 Å². The molecule has 1 aromatic carbocycles. The van der Waals surface area contributed by atoms with E-state index in [1.807, 2.05) is 6.92 Å². The van der Waals surface area contributed by atoms with E-state index in [-0.39, 0.29) is 23.5 Å². The third-order valence-corrected chi connectivity index (χ3v) is 3.90. The highest BCUT2D eigenvalue weighted by Gasteiger charge is 2.33. The number of hydrogen-bond donors (Lipinski definition) is 2. The van der Waals surface area contributed by atoms with Gasteiger partial charge in [0.2, 0.25) is 0 Å². The number of guanidine groups is 1. The summed E-state index contributed by atoms with van der Waals surface area (Å²) in [5.74, 6) is 0.936. The van der Waals surface area contributed by atoms with Crippen LogP contribution in [0.15, 0.2) is 23.2 Å². The molecule has 6 nitrogen and oxygen atoms in total. The monoisotopic (exact) mass is 371 g/mol. The van der Waals surface area contributed by atoms with E-state index in [1.54, 1.807) is 25.1 Å². The van der Waals surface area contributed by atoms with Crippen LogP contribution in [-0.2, 0) is 11.3 Å². The van der Waals surface area contributed by atoms with Crippen molar-refractivity contribution in [1.29, 1.82) is 0 Å². The minimum atomic E-state index is -2.93. The molecule has 1 fully saturated rings. The second-order valence-electron chi connectivity index (χ2n) is 6.41. The van der Waals surface area contributed by atoms with Gasteiger partial charge in [0.05, 0.1) is 26.4 Å². The van der Waals surface area contributed by atoms with Gasteiger partial charge in [-0.25, -0.2) is 4.99 Å². The standard InChI is InChI=1S/C18H27F2N3O3/c1-4-21-17(23-10-18(3)11-24-12-18)22-9-13-7-6-8-14(25-5-2)15(13)26-16(19)20/h6-8,16H,4-5,9-12H2,1-3H3,(H2,21,22,23). The first-order valence-corrected chi connectivity index (χ1v) is 8.77. The van der Waals surface area contributed by atoms with Gasteiger partial charge in [-0.05, 0) is 19.9 Å². The molecule has 8 heteroatoms. The predicted molar refractivity (Wildman–Crippen MR) is 96.0 cm³/mol. The minimum Gasteiger partial charge on any atom is -0.490 e. The Bertz CT molecular complexity index is 607. The van der Waals surface area contributed by atoms with E-state index in [2.05, 4.69) is 27.3 Å². The smallest absolute Gasteiger partial charge is 0.387 e. The molecular formula is C18H27F2N3O3. The van der Waals surface area contributed by atoms with Gasteiger partial charge in [-0.1, -0.05) is 19.1 Å². The van der Waals surface area contributed by atoms with Crippen LogP contribution in [0, 0.1) is 5.41 Å². The molecule has 0 bridgehead atoms. The lowest BCUT2D eigenvalue weighted by molar-refractivity contribution is -0.0971. The van der Waals surface area contributed by atoms with Crippen molar-refractivity contribution >= 4 is 5.96 Å². The van der Waals surface area contributed by atoms with E-state index >= 15 is 0 Å². The minimum absolute atomic E-state index is 0.0308. The fraction of sp³-hybridized carbons (Fsp3) is 0.611. The Kier molecular flexibility index (Phi) is 7.44. The normalized spacial score (nSPS) is 16.2. The van der Waals surface area contributed by atoms with Crippen LogP contribution in [-0.4, -0.2) is 45.5 Å². The summed E-state index contributed by atoms with van der Waals surface area (Å²) in [5, 5.41) is 6.42. The van der Waals surface area contributed by atoms with Crippen LogP contribution in [0.4, 0.5) is 8.78 Å². The number of alkyl halides is 2. The van der Waals surface area contributed by atoms with Crippen LogP contribution in [0.2, 0.25) is 0 Å². The molecule has 2 N–H and O–H groups in total. The van der Waals surface area contributed by atoms with Crippen molar-refractivity contribution in [2.75, 3.05) is 32.9 Å². The van der Waals surface area contributed by atoms with Crippen molar-refractivity contribution in [2.24, 2.45) is 10.4 Å². The van der Waals surface area contributed by atoms with Gasteiger partial charge in [0.25, 0.3) is 0 Å². The number of nitrogens with one attached hydrogen (secondary N) is 2. The molecule has 0 aliphatic carbocycles. The molecule has 0 saturated carbocycles. The highest BCUT2D eigenvalue weighted by Crippen LogP contribution is 2.33. The Morgan fingerprint density at radius 2 is 2.08 bits per heavy atom. The summed E-state index contributed by atoms with van der Waals surface area (Å²) < 4.78 is 40.9. The van der Waals surface area contributed by atoms with Gasteiger partial charge >= 0.3 is 6.61 Å². The quantitative estimate of drug-likeness (QED) is 0.516. The highest BCUT2D eigenvalue weighted by atomic mass is 19.3. The zero-order valence-corrected chi connectivity index (χ0v) is 15.5. The summed E-state index contributed by atoms with van der Waals surface area (Å²) in [6.45, 7) is 6.34. The van der Waals surface area contributed by atoms with Crippen LogP contribution >= 0.6 is 0 Å². The summed E-state index contributed by atoms with van der Waals surface area (Å²) >= 11 is 0. The molecule has 146 valence electrons. The lowest BCUT2D eigenvalue weighted by Gasteiger charge is -2.38. The largest absolute Gasteiger partial charge is 0.490 e. The summed E-state index contributed by atoms with van der Waals surface area (Å²) in [6, 6.07) is 5.05. The molecule has 1 saturated heterocycles. The molecule has 0 amide bonds. The van der Waals surface area contributed by atoms with Crippen LogP contribution in [0.1, 0.15) is 26.3 Å². The van der Waals surface area contributed by atoms with Gasteiger partial charge in [-0.15, -0.1) is 0 Å². The maximum atomic E-state index is 12.8. The van der Waals surface area contributed by atoms with Crippen molar-refractivity contribution in [2.45, 2.75) is 33.9 Å². The SMILES string of the molecule is CCNC(=NCc1cccc(OCC)c1OC(F)F)NCC1(C)COC1. The number of aliphatic imine (C=N–C) groups is 1. The van der Waals surface area contributed by atoms with E-state index < -0.39 is 6.61 Å². The van der Waals surface area contributed by atoms with Crippen LogP contribution in [0.25, 0.3) is 0 Å². The van der Waals surface area contributed by atoms with E-state index in [0.29, 0.717) is 37.9 Å². The molecule has 0 spiro atoms. The van der Waals surface area contributed by atoms with Crippen molar-refractivity contribution in [1.82, 2.24) is 10.6 Å². The van der Waals surface area contributed by atoms with Gasteiger partial charge in [-0.3, -0.25) is 0 Å². The molecule has 1 aliphatic rings. The Balaban J connectivity index is 2.12. The van der Waals surface area contributed by atoms with Gasteiger partial charge in [0, 0.05) is 24.1 Å². The predicted octanol–water partition coefficient (Wildman–Crippen LogP) is 2.78. The molecule has 26 heavy (non-hydrogen) atoms. The van der Waals surface area contributed by atoms with E-state index in [4.69, 9.17) is 9.47 Å². The topological polar surface area (TPSA) is 64.1 Å². The number of para-hydroxylation sites is 1. The zero-order valence-electron chi connectivity index (χ0n) is 15.5. The van der Waals surface area contributed by atoms with E-state index in [0.717, 1.165) is 6.54 Å². The molecule has 1 heterocycles. The Labute approximate surface area is 152 Å². The average Bonchev–Trinajstić information content (AvgIpc) is 2.57. The number of benzene rings is 1. The first-order chi connectivity index (χ1) is 12.5. The van der Waals surface area contributed by atoms with Crippen molar-refractivity contribution < 1.29 is 23.0 Å². The second kappa shape index (κ2) is 9.56. The molecular weight excluding hydrogens is 344 g/mol.